The van der Waals surface area contributed by atoms with E-state index in [2.05, 4.69) is 10.2 Å². The zero-order valence-corrected chi connectivity index (χ0v) is 9.40. The van der Waals surface area contributed by atoms with Gasteiger partial charge in [-0.1, -0.05) is 0 Å². The molecule has 0 saturated carbocycles. The first-order valence-corrected chi connectivity index (χ1v) is 5.51. The van der Waals surface area contributed by atoms with E-state index in [9.17, 15) is 4.79 Å². The lowest BCUT2D eigenvalue weighted by molar-refractivity contribution is 0.121. The Balaban J connectivity index is 1.94. The Morgan fingerprint density at radius 3 is 3.13 bits per heavy atom. The zero-order chi connectivity index (χ0) is 10.8. The number of nitrogens with zero attached hydrogens (tertiary/aromatic N) is 2. The van der Waals surface area contributed by atoms with Gasteiger partial charge < -0.3 is 19.9 Å². The van der Waals surface area contributed by atoms with E-state index in [1.807, 2.05) is 19.0 Å². The van der Waals surface area contributed by atoms with Gasteiger partial charge in [0.15, 0.2) is 0 Å². The molecule has 2 aliphatic heterocycles. The van der Waals surface area contributed by atoms with Gasteiger partial charge in [0, 0.05) is 19.6 Å². The molecule has 2 fully saturated rings. The lowest BCUT2D eigenvalue weighted by atomic mass is 10.0. The van der Waals surface area contributed by atoms with E-state index in [-0.39, 0.29) is 12.2 Å². The van der Waals surface area contributed by atoms with E-state index < -0.39 is 0 Å². The maximum atomic E-state index is 11.6. The molecule has 1 amide bonds. The van der Waals surface area contributed by atoms with Crippen LogP contribution in [0.25, 0.3) is 0 Å². The van der Waals surface area contributed by atoms with Gasteiger partial charge >= 0.3 is 6.09 Å². The molecule has 2 unspecified atom stereocenters. The summed E-state index contributed by atoms with van der Waals surface area (Å²) >= 11 is 0. The Labute approximate surface area is 90.4 Å². The van der Waals surface area contributed by atoms with Crippen LogP contribution in [-0.4, -0.2) is 68.3 Å². The van der Waals surface area contributed by atoms with Gasteiger partial charge in [-0.15, -0.1) is 0 Å². The number of hydrogen-bond acceptors (Lipinski definition) is 4. The largest absolute Gasteiger partial charge is 0.443 e. The second-order valence-electron chi connectivity index (χ2n) is 4.48. The van der Waals surface area contributed by atoms with Gasteiger partial charge in [0.2, 0.25) is 0 Å². The fourth-order valence-corrected chi connectivity index (χ4v) is 2.19. The topological polar surface area (TPSA) is 44.8 Å². The minimum absolute atomic E-state index is 0.0633. The van der Waals surface area contributed by atoms with Crippen molar-refractivity contribution in [3.8, 4) is 0 Å². The highest BCUT2D eigenvalue weighted by Gasteiger charge is 2.42. The van der Waals surface area contributed by atoms with Crippen molar-refractivity contribution in [1.29, 1.82) is 0 Å². The highest BCUT2D eigenvalue weighted by atomic mass is 16.6. The van der Waals surface area contributed by atoms with Crippen LogP contribution >= 0.6 is 0 Å². The van der Waals surface area contributed by atoms with E-state index >= 15 is 0 Å². The van der Waals surface area contributed by atoms with E-state index in [0.29, 0.717) is 6.04 Å². The van der Waals surface area contributed by atoms with Crippen molar-refractivity contribution in [1.82, 2.24) is 15.1 Å². The molecule has 1 N–H and O–H groups in total. The number of rotatable bonds is 3. The fraction of sp³-hybridized carbons (Fsp3) is 0.900. The van der Waals surface area contributed by atoms with Crippen LogP contribution in [0.15, 0.2) is 0 Å². The van der Waals surface area contributed by atoms with Gasteiger partial charge in [0.1, 0.15) is 6.10 Å². The van der Waals surface area contributed by atoms with Crippen LogP contribution in [0.4, 0.5) is 4.79 Å². The Hall–Kier alpha value is -0.810. The van der Waals surface area contributed by atoms with Crippen molar-refractivity contribution in [2.75, 3.05) is 40.3 Å². The SMILES string of the molecule is CN(C)CCN1C(=O)OC2CNCCC21. The Morgan fingerprint density at radius 1 is 1.60 bits per heavy atom. The van der Waals surface area contributed by atoms with E-state index in [1.54, 1.807) is 0 Å². The molecule has 0 spiro atoms. The zero-order valence-electron chi connectivity index (χ0n) is 9.40. The van der Waals surface area contributed by atoms with Crippen molar-refractivity contribution in [3.63, 3.8) is 0 Å². The lowest BCUT2D eigenvalue weighted by Gasteiger charge is -2.29. The van der Waals surface area contributed by atoms with Gasteiger partial charge in [-0.3, -0.25) is 0 Å². The molecule has 2 saturated heterocycles. The summed E-state index contributed by atoms with van der Waals surface area (Å²) in [5.41, 5.74) is 0. The number of carbonyl (C=O) groups is 1. The third-order valence-corrected chi connectivity index (χ3v) is 3.07. The van der Waals surface area contributed by atoms with Gasteiger partial charge in [-0.2, -0.15) is 0 Å². The molecule has 2 rings (SSSR count). The molecule has 0 aromatic rings. The molecule has 0 aromatic heterocycles. The summed E-state index contributed by atoms with van der Waals surface area (Å²) in [5, 5.41) is 3.25. The Kier molecular flexibility index (Phi) is 3.11. The summed E-state index contributed by atoms with van der Waals surface area (Å²) in [7, 11) is 4.03. The quantitative estimate of drug-likeness (QED) is 0.701. The van der Waals surface area contributed by atoms with E-state index in [0.717, 1.165) is 32.6 Å². The molecule has 0 bridgehead atoms. The monoisotopic (exact) mass is 213 g/mol. The number of carbonyl (C=O) groups excluding carboxylic acids is 1. The first kappa shape index (κ1) is 10.7. The van der Waals surface area contributed by atoms with Gasteiger partial charge in [0.05, 0.1) is 6.04 Å². The molecule has 0 aliphatic carbocycles. The van der Waals surface area contributed by atoms with Crippen molar-refractivity contribution in [2.45, 2.75) is 18.6 Å². The van der Waals surface area contributed by atoms with Crippen LogP contribution in [0, 0.1) is 0 Å². The average molecular weight is 213 g/mol. The standard InChI is InChI=1S/C10H19N3O2/c1-12(2)5-6-13-8-3-4-11-7-9(8)15-10(13)14/h8-9,11H,3-7H2,1-2H3. The maximum absolute atomic E-state index is 11.6. The van der Waals surface area contributed by atoms with Crippen LogP contribution in [-0.2, 0) is 4.74 Å². The van der Waals surface area contributed by atoms with Gasteiger partial charge in [0.25, 0.3) is 0 Å². The van der Waals surface area contributed by atoms with Gasteiger partial charge in [-0.05, 0) is 27.1 Å². The van der Waals surface area contributed by atoms with Crippen LogP contribution in [0.2, 0.25) is 0 Å². The highest BCUT2D eigenvalue weighted by molar-refractivity contribution is 5.70. The molecule has 0 aromatic carbocycles. The number of fused-ring (bicyclic) bond motifs is 1. The number of nitrogens with one attached hydrogen (secondary N) is 1. The predicted molar refractivity (Wildman–Crippen MR) is 56.8 cm³/mol. The molecule has 2 atom stereocenters. The fourth-order valence-electron chi connectivity index (χ4n) is 2.19. The average Bonchev–Trinajstić information content (AvgIpc) is 2.50. The van der Waals surface area contributed by atoms with Crippen LogP contribution in [0.3, 0.4) is 0 Å². The van der Waals surface area contributed by atoms with E-state index in [4.69, 9.17) is 4.74 Å². The number of amides is 1. The smallest absolute Gasteiger partial charge is 0.410 e. The lowest BCUT2D eigenvalue weighted by Crippen LogP contribution is -2.48. The normalized spacial score (nSPS) is 30.6. The molecule has 2 heterocycles. The molecule has 5 nitrogen and oxygen atoms in total. The molecular formula is C10H19N3O2. The number of piperidine rings is 1. The van der Waals surface area contributed by atoms with Crippen molar-refractivity contribution >= 4 is 6.09 Å². The third kappa shape index (κ3) is 2.23. The number of likely N-dealkylation sites (N-methyl/N-ethyl adjacent to an activating group) is 1. The second-order valence-corrected chi connectivity index (χ2v) is 4.48. The van der Waals surface area contributed by atoms with Crippen LogP contribution in [0.1, 0.15) is 6.42 Å². The molecule has 2 aliphatic rings. The number of hydrogen-bond donors (Lipinski definition) is 1. The summed E-state index contributed by atoms with van der Waals surface area (Å²) in [6.07, 6.45) is 0.924. The number of ether oxygens (including phenoxy) is 1. The summed E-state index contributed by atoms with van der Waals surface area (Å²) in [6.45, 7) is 3.45. The Bertz CT molecular complexity index is 245. The molecule has 0 radical (unpaired) electrons. The highest BCUT2D eigenvalue weighted by Crippen LogP contribution is 2.23. The summed E-state index contributed by atoms with van der Waals surface area (Å²) in [4.78, 5) is 15.6. The molecule has 86 valence electrons. The minimum atomic E-state index is -0.143. The van der Waals surface area contributed by atoms with Gasteiger partial charge in [-0.25, -0.2) is 4.79 Å². The predicted octanol–water partition coefficient (Wildman–Crippen LogP) is -0.269. The minimum Gasteiger partial charge on any atom is -0.443 e. The Morgan fingerprint density at radius 2 is 2.40 bits per heavy atom. The maximum Gasteiger partial charge on any atom is 0.410 e. The molecule has 5 heteroatoms. The first-order valence-electron chi connectivity index (χ1n) is 5.51. The van der Waals surface area contributed by atoms with E-state index in [1.165, 1.54) is 0 Å². The first-order chi connectivity index (χ1) is 7.18. The molecular weight excluding hydrogens is 194 g/mol. The van der Waals surface area contributed by atoms with Crippen LogP contribution < -0.4 is 5.32 Å². The molecule has 15 heavy (non-hydrogen) atoms. The van der Waals surface area contributed by atoms with Crippen LogP contribution in [0.5, 0.6) is 0 Å². The second kappa shape index (κ2) is 4.37. The van der Waals surface area contributed by atoms with Crippen molar-refractivity contribution in [3.05, 3.63) is 0 Å². The summed E-state index contributed by atoms with van der Waals surface area (Å²) in [5.74, 6) is 0. The third-order valence-electron chi connectivity index (χ3n) is 3.07. The summed E-state index contributed by atoms with van der Waals surface area (Å²) < 4.78 is 5.32. The van der Waals surface area contributed by atoms with Crippen molar-refractivity contribution < 1.29 is 9.53 Å². The van der Waals surface area contributed by atoms with Crippen molar-refractivity contribution in [2.24, 2.45) is 0 Å². The summed E-state index contributed by atoms with van der Waals surface area (Å²) in [6, 6.07) is 0.290.